The van der Waals surface area contributed by atoms with Gasteiger partial charge < -0.3 is 4.90 Å². The van der Waals surface area contributed by atoms with Crippen LogP contribution in [0, 0.1) is 17.2 Å². The number of nitriles is 1. The van der Waals surface area contributed by atoms with E-state index in [2.05, 4.69) is 4.98 Å². The van der Waals surface area contributed by atoms with E-state index in [1.165, 1.54) is 0 Å². The third-order valence-corrected chi connectivity index (χ3v) is 3.13. The average Bonchev–Trinajstić information content (AvgIpc) is 2.38. The SMILES string of the molecule is N#Cc1cccc(N2CCC(C(F)(F)F)CC2)n1. The summed E-state index contributed by atoms with van der Waals surface area (Å²) < 4.78 is 37.5. The lowest BCUT2D eigenvalue weighted by Gasteiger charge is -2.33. The van der Waals surface area contributed by atoms with E-state index in [0.29, 0.717) is 18.9 Å². The van der Waals surface area contributed by atoms with E-state index in [4.69, 9.17) is 5.26 Å². The Labute approximate surface area is 103 Å². The summed E-state index contributed by atoms with van der Waals surface area (Å²) in [5.74, 6) is -0.637. The zero-order valence-electron chi connectivity index (χ0n) is 9.61. The highest BCUT2D eigenvalue weighted by Crippen LogP contribution is 2.34. The molecule has 18 heavy (non-hydrogen) atoms. The van der Waals surface area contributed by atoms with Crippen LogP contribution in [-0.4, -0.2) is 24.2 Å². The van der Waals surface area contributed by atoms with Crippen LogP contribution in [0.1, 0.15) is 18.5 Å². The van der Waals surface area contributed by atoms with E-state index in [1.54, 1.807) is 23.1 Å². The zero-order chi connectivity index (χ0) is 13.2. The molecule has 2 heterocycles. The number of hydrogen-bond acceptors (Lipinski definition) is 3. The molecule has 0 atom stereocenters. The highest BCUT2D eigenvalue weighted by atomic mass is 19.4. The Bertz CT molecular complexity index is 456. The monoisotopic (exact) mass is 255 g/mol. The minimum Gasteiger partial charge on any atom is -0.357 e. The summed E-state index contributed by atoms with van der Waals surface area (Å²) in [5.41, 5.74) is 0.283. The topological polar surface area (TPSA) is 39.9 Å². The van der Waals surface area contributed by atoms with Gasteiger partial charge in [0.2, 0.25) is 0 Å². The minimum atomic E-state index is -4.10. The third kappa shape index (κ3) is 2.73. The Balaban J connectivity index is 2.04. The molecule has 1 aliphatic heterocycles. The number of pyridine rings is 1. The van der Waals surface area contributed by atoms with E-state index in [9.17, 15) is 13.2 Å². The lowest BCUT2D eigenvalue weighted by atomic mass is 9.96. The largest absolute Gasteiger partial charge is 0.391 e. The minimum absolute atomic E-state index is 0.0853. The summed E-state index contributed by atoms with van der Waals surface area (Å²) in [6.45, 7) is 0.651. The molecule has 3 nitrogen and oxygen atoms in total. The first-order chi connectivity index (χ1) is 8.50. The molecular weight excluding hydrogens is 243 g/mol. The third-order valence-electron chi connectivity index (χ3n) is 3.13. The van der Waals surface area contributed by atoms with Gasteiger partial charge in [0.25, 0.3) is 0 Å². The van der Waals surface area contributed by atoms with E-state index < -0.39 is 12.1 Å². The van der Waals surface area contributed by atoms with Crippen molar-refractivity contribution in [1.82, 2.24) is 4.98 Å². The van der Waals surface area contributed by atoms with Gasteiger partial charge in [-0.2, -0.15) is 18.4 Å². The molecule has 0 N–H and O–H groups in total. The van der Waals surface area contributed by atoms with Gasteiger partial charge in [-0.05, 0) is 25.0 Å². The van der Waals surface area contributed by atoms with Crippen molar-refractivity contribution in [3.8, 4) is 6.07 Å². The van der Waals surface area contributed by atoms with Crippen molar-refractivity contribution in [2.24, 2.45) is 5.92 Å². The van der Waals surface area contributed by atoms with Gasteiger partial charge in [-0.25, -0.2) is 4.98 Å². The number of hydrogen-bond donors (Lipinski definition) is 0. The van der Waals surface area contributed by atoms with Crippen LogP contribution in [0.2, 0.25) is 0 Å². The molecule has 6 heteroatoms. The molecular formula is C12H12F3N3. The number of alkyl halides is 3. The lowest BCUT2D eigenvalue weighted by Crippen LogP contribution is -2.39. The van der Waals surface area contributed by atoms with Crippen LogP contribution in [0.25, 0.3) is 0 Å². The maximum Gasteiger partial charge on any atom is 0.391 e. The van der Waals surface area contributed by atoms with Crippen molar-refractivity contribution in [3.63, 3.8) is 0 Å². The van der Waals surface area contributed by atoms with Crippen molar-refractivity contribution >= 4 is 5.82 Å². The van der Waals surface area contributed by atoms with Gasteiger partial charge in [0.15, 0.2) is 0 Å². The second-order valence-electron chi connectivity index (χ2n) is 4.30. The fourth-order valence-corrected chi connectivity index (χ4v) is 2.10. The van der Waals surface area contributed by atoms with Crippen molar-refractivity contribution in [1.29, 1.82) is 5.26 Å². The highest BCUT2D eigenvalue weighted by Gasteiger charge is 2.41. The second kappa shape index (κ2) is 4.84. The Kier molecular flexibility index (Phi) is 3.41. The molecule has 0 saturated carbocycles. The highest BCUT2D eigenvalue weighted by molar-refractivity contribution is 5.41. The van der Waals surface area contributed by atoms with Crippen molar-refractivity contribution in [2.45, 2.75) is 19.0 Å². The van der Waals surface area contributed by atoms with Crippen LogP contribution in [0.5, 0.6) is 0 Å². The lowest BCUT2D eigenvalue weighted by molar-refractivity contribution is -0.179. The van der Waals surface area contributed by atoms with Crippen LogP contribution in [0.3, 0.4) is 0 Å². The first-order valence-electron chi connectivity index (χ1n) is 5.69. The van der Waals surface area contributed by atoms with Crippen LogP contribution < -0.4 is 4.90 Å². The fourth-order valence-electron chi connectivity index (χ4n) is 2.10. The molecule has 0 amide bonds. The van der Waals surface area contributed by atoms with Gasteiger partial charge >= 0.3 is 6.18 Å². The molecule has 1 fully saturated rings. The first-order valence-corrected chi connectivity index (χ1v) is 5.69. The van der Waals surface area contributed by atoms with Crippen molar-refractivity contribution in [3.05, 3.63) is 23.9 Å². The predicted molar refractivity (Wildman–Crippen MR) is 59.9 cm³/mol. The van der Waals surface area contributed by atoms with Gasteiger partial charge in [-0.15, -0.1) is 0 Å². The van der Waals surface area contributed by atoms with Crippen LogP contribution in [0.15, 0.2) is 18.2 Å². The molecule has 0 spiro atoms. The smallest absolute Gasteiger partial charge is 0.357 e. The molecule has 96 valence electrons. The quantitative estimate of drug-likeness (QED) is 0.774. The van der Waals surface area contributed by atoms with Crippen molar-refractivity contribution < 1.29 is 13.2 Å². The Morgan fingerprint density at radius 3 is 2.50 bits per heavy atom. The summed E-state index contributed by atoms with van der Waals surface area (Å²) in [6, 6.07) is 6.91. The Morgan fingerprint density at radius 1 is 1.28 bits per heavy atom. The molecule has 0 aliphatic carbocycles. The van der Waals surface area contributed by atoms with Gasteiger partial charge in [0, 0.05) is 13.1 Å². The van der Waals surface area contributed by atoms with E-state index in [0.717, 1.165) is 0 Å². The number of anilines is 1. The van der Waals surface area contributed by atoms with E-state index in [1.807, 2.05) is 6.07 Å². The normalized spacial score (nSPS) is 17.6. The molecule has 1 saturated heterocycles. The van der Waals surface area contributed by atoms with Crippen LogP contribution in [0.4, 0.5) is 19.0 Å². The van der Waals surface area contributed by atoms with Crippen LogP contribution in [-0.2, 0) is 0 Å². The summed E-state index contributed by atoms with van der Waals surface area (Å²) in [4.78, 5) is 5.88. The van der Waals surface area contributed by atoms with Gasteiger partial charge in [-0.3, -0.25) is 0 Å². The molecule has 1 aliphatic rings. The average molecular weight is 255 g/mol. The number of aromatic nitrogens is 1. The maximum atomic E-state index is 12.5. The number of halogens is 3. The Hall–Kier alpha value is -1.77. The van der Waals surface area contributed by atoms with E-state index >= 15 is 0 Å². The number of rotatable bonds is 1. The second-order valence-corrected chi connectivity index (χ2v) is 4.30. The molecule has 0 aromatic carbocycles. The van der Waals surface area contributed by atoms with Crippen LogP contribution >= 0.6 is 0 Å². The zero-order valence-corrected chi connectivity index (χ0v) is 9.61. The summed E-state index contributed by atoms with van der Waals surface area (Å²) in [7, 11) is 0. The molecule has 1 aromatic rings. The summed E-state index contributed by atoms with van der Waals surface area (Å²) >= 11 is 0. The molecule has 0 unspecified atom stereocenters. The van der Waals surface area contributed by atoms with Gasteiger partial charge in [0.1, 0.15) is 17.6 Å². The molecule has 0 bridgehead atoms. The maximum absolute atomic E-state index is 12.5. The predicted octanol–water partition coefficient (Wildman–Crippen LogP) is 2.73. The number of piperidine rings is 1. The molecule has 1 aromatic heterocycles. The van der Waals surface area contributed by atoms with E-state index in [-0.39, 0.29) is 18.5 Å². The van der Waals surface area contributed by atoms with Gasteiger partial charge in [-0.1, -0.05) is 6.07 Å². The van der Waals surface area contributed by atoms with Gasteiger partial charge in [0.05, 0.1) is 5.92 Å². The summed E-state index contributed by atoms with van der Waals surface area (Å²) in [6.07, 6.45) is -3.93. The Morgan fingerprint density at radius 2 is 1.94 bits per heavy atom. The number of nitrogens with zero attached hydrogens (tertiary/aromatic N) is 3. The molecule has 0 radical (unpaired) electrons. The standard InChI is InChI=1S/C12H12F3N3/c13-12(14,15)9-4-6-18(7-5-9)11-3-1-2-10(8-16)17-11/h1-3,9H,4-7H2. The summed E-state index contributed by atoms with van der Waals surface area (Å²) in [5, 5.41) is 8.73. The first kappa shape index (κ1) is 12.7. The van der Waals surface area contributed by atoms with Crippen molar-refractivity contribution in [2.75, 3.05) is 18.0 Å². The fraction of sp³-hybridized carbons (Fsp3) is 0.500. The molecule has 2 rings (SSSR count).